The fourth-order valence-electron chi connectivity index (χ4n) is 2.25. The number of nitrogens with one attached hydrogen (secondary N) is 2. The van der Waals surface area contributed by atoms with E-state index in [9.17, 15) is 22.8 Å². The Kier molecular flexibility index (Phi) is 6.38. The van der Waals surface area contributed by atoms with E-state index < -0.39 is 18.6 Å². The molecule has 0 aromatic heterocycles. The third-order valence-electron chi connectivity index (χ3n) is 3.69. The fourth-order valence-corrected chi connectivity index (χ4v) is 2.25. The highest BCUT2D eigenvalue weighted by Crippen LogP contribution is 2.14. The highest BCUT2D eigenvalue weighted by atomic mass is 19.4. The first kappa shape index (κ1) is 19.5. The van der Waals surface area contributed by atoms with E-state index >= 15 is 0 Å². The van der Waals surface area contributed by atoms with Gasteiger partial charge in [0.15, 0.2) is 0 Å². The summed E-state index contributed by atoms with van der Waals surface area (Å²) in [6, 6.07) is 13.6. The summed E-state index contributed by atoms with van der Waals surface area (Å²) in [5.41, 5.74) is 2.75. The number of benzene rings is 2. The van der Waals surface area contributed by atoms with Crippen LogP contribution in [0.5, 0.6) is 0 Å². The largest absolute Gasteiger partial charge is 0.405 e. The molecule has 0 aliphatic carbocycles. The molecule has 7 heteroatoms. The number of alkyl halides is 3. The summed E-state index contributed by atoms with van der Waals surface area (Å²) in [5.74, 6) is -0.974. The van der Waals surface area contributed by atoms with Gasteiger partial charge in [0.2, 0.25) is 5.91 Å². The smallest absolute Gasteiger partial charge is 0.347 e. The van der Waals surface area contributed by atoms with E-state index in [1.54, 1.807) is 36.4 Å². The molecule has 0 saturated heterocycles. The molecule has 0 fully saturated rings. The lowest BCUT2D eigenvalue weighted by Gasteiger charge is -2.09. The Bertz CT molecular complexity index is 754. The van der Waals surface area contributed by atoms with Crippen molar-refractivity contribution in [2.45, 2.75) is 25.9 Å². The van der Waals surface area contributed by atoms with Gasteiger partial charge in [0.05, 0.1) is 6.42 Å². The molecule has 0 atom stereocenters. The van der Waals surface area contributed by atoms with Crippen LogP contribution >= 0.6 is 0 Å². The summed E-state index contributed by atoms with van der Waals surface area (Å²) in [6.07, 6.45) is -3.71. The lowest BCUT2D eigenvalue weighted by atomic mass is 10.1. The van der Waals surface area contributed by atoms with Gasteiger partial charge >= 0.3 is 6.18 Å². The van der Waals surface area contributed by atoms with E-state index in [4.69, 9.17) is 0 Å². The predicted molar refractivity (Wildman–Crippen MR) is 93.0 cm³/mol. The van der Waals surface area contributed by atoms with Crippen LogP contribution in [0.3, 0.4) is 0 Å². The molecule has 0 aliphatic heterocycles. The summed E-state index contributed by atoms with van der Waals surface area (Å²) >= 11 is 0. The summed E-state index contributed by atoms with van der Waals surface area (Å²) in [4.78, 5) is 23.7. The zero-order valence-electron chi connectivity index (χ0n) is 14.2. The molecule has 2 N–H and O–H groups in total. The zero-order chi connectivity index (χ0) is 19.2. The highest BCUT2D eigenvalue weighted by molar-refractivity contribution is 6.04. The van der Waals surface area contributed by atoms with Crippen LogP contribution < -0.4 is 10.6 Å². The van der Waals surface area contributed by atoms with Crippen LogP contribution in [0.25, 0.3) is 0 Å². The van der Waals surface area contributed by atoms with E-state index in [1.807, 2.05) is 24.4 Å². The Morgan fingerprint density at radius 1 is 0.923 bits per heavy atom. The fraction of sp³-hybridized carbons (Fsp3) is 0.263. The van der Waals surface area contributed by atoms with Gasteiger partial charge in [0.1, 0.15) is 6.54 Å². The third kappa shape index (κ3) is 6.23. The minimum Gasteiger partial charge on any atom is -0.347 e. The van der Waals surface area contributed by atoms with Crippen LogP contribution in [0.2, 0.25) is 0 Å². The molecule has 4 nitrogen and oxygen atoms in total. The summed E-state index contributed by atoms with van der Waals surface area (Å²) < 4.78 is 36.2. The Hall–Kier alpha value is -2.83. The molecule has 0 aliphatic rings. The van der Waals surface area contributed by atoms with Crippen molar-refractivity contribution in [1.82, 2.24) is 5.32 Å². The number of carbonyl (C=O) groups is 2. The predicted octanol–water partition coefficient (Wildman–Crippen LogP) is 3.72. The normalized spacial score (nSPS) is 11.1. The Labute approximate surface area is 149 Å². The molecule has 0 saturated carbocycles. The first-order valence-corrected chi connectivity index (χ1v) is 8.09. The van der Waals surface area contributed by atoms with Gasteiger partial charge in [-0.15, -0.1) is 0 Å². The molecular weight excluding hydrogens is 345 g/mol. The van der Waals surface area contributed by atoms with Crippen molar-refractivity contribution in [2.75, 3.05) is 11.9 Å². The van der Waals surface area contributed by atoms with Crippen molar-refractivity contribution < 1.29 is 22.8 Å². The van der Waals surface area contributed by atoms with Crippen molar-refractivity contribution in [3.05, 3.63) is 65.2 Å². The van der Waals surface area contributed by atoms with Crippen molar-refractivity contribution in [3.63, 3.8) is 0 Å². The second-order valence-electron chi connectivity index (χ2n) is 5.77. The Balaban J connectivity index is 1.90. The van der Waals surface area contributed by atoms with Crippen LogP contribution in [-0.2, 0) is 17.6 Å². The molecule has 2 aromatic carbocycles. The van der Waals surface area contributed by atoms with Crippen LogP contribution in [0, 0.1) is 0 Å². The maximum Gasteiger partial charge on any atom is 0.405 e. The first-order chi connectivity index (χ1) is 12.3. The molecular formula is C19H19F3N2O2. The second kappa shape index (κ2) is 8.51. The van der Waals surface area contributed by atoms with Gasteiger partial charge in [-0.3, -0.25) is 9.59 Å². The van der Waals surface area contributed by atoms with Gasteiger partial charge < -0.3 is 10.6 Å². The van der Waals surface area contributed by atoms with Crippen molar-refractivity contribution in [2.24, 2.45) is 0 Å². The number of amides is 2. The number of hydrogen-bond acceptors (Lipinski definition) is 2. The molecule has 2 aromatic rings. The highest BCUT2D eigenvalue weighted by Gasteiger charge is 2.27. The number of hydrogen-bond donors (Lipinski definition) is 2. The summed E-state index contributed by atoms with van der Waals surface area (Å²) in [7, 11) is 0. The maximum absolute atomic E-state index is 12.2. The average Bonchev–Trinajstić information content (AvgIpc) is 2.61. The van der Waals surface area contributed by atoms with Crippen LogP contribution in [0.1, 0.15) is 28.4 Å². The minimum absolute atomic E-state index is 0.164. The van der Waals surface area contributed by atoms with Gasteiger partial charge in [-0.2, -0.15) is 13.2 Å². The van der Waals surface area contributed by atoms with Crippen LogP contribution in [-0.4, -0.2) is 24.5 Å². The third-order valence-corrected chi connectivity index (χ3v) is 3.69. The van der Waals surface area contributed by atoms with Crippen molar-refractivity contribution >= 4 is 17.5 Å². The second-order valence-corrected chi connectivity index (χ2v) is 5.77. The molecule has 26 heavy (non-hydrogen) atoms. The molecule has 0 bridgehead atoms. The standard InChI is InChI=1S/C19H19F3N2O2/c1-2-13-3-7-15(8-4-13)18(26)24-16-9-5-14(6-10-16)11-17(25)23-12-19(20,21)22/h3-10H,2,11-12H2,1H3,(H,23,25)(H,24,26). The molecule has 0 radical (unpaired) electrons. The number of carbonyl (C=O) groups excluding carboxylic acids is 2. The Morgan fingerprint density at radius 3 is 2.04 bits per heavy atom. The lowest BCUT2D eigenvalue weighted by molar-refractivity contribution is -0.138. The number of halogens is 3. The molecule has 0 unspecified atom stereocenters. The van der Waals surface area contributed by atoms with Gasteiger partial charge in [-0.1, -0.05) is 31.2 Å². The van der Waals surface area contributed by atoms with E-state index in [0.717, 1.165) is 12.0 Å². The van der Waals surface area contributed by atoms with Gasteiger partial charge in [0.25, 0.3) is 5.91 Å². The molecule has 0 heterocycles. The summed E-state index contributed by atoms with van der Waals surface area (Å²) in [6.45, 7) is 0.677. The SMILES string of the molecule is CCc1ccc(C(=O)Nc2ccc(CC(=O)NCC(F)(F)F)cc2)cc1. The van der Waals surface area contributed by atoms with Gasteiger partial charge in [-0.05, 0) is 41.8 Å². The van der Waals surface area contributed by atoms with Crippen molar-refractivity contribution in [1.29, 1.82) is 0 Å². The lowest BCUT2D eigenvalue weighted by Crippen LogP contribution is -2.34. The Morgan fingerprint density at radius 2 is 1.50 bits per heavy atom. The van der Waals surface area contributed by atoms with Gasteiger partial charge in [0, 0.05) is 11.3 Å². The number of anilines is 1. The zero-order valence-corrected chi connectivity index (χ0v) is 14.2. The molecule has 0 spiro atoms. The van der Waals surface area contributed by atoms with Crippen LogP contribution in [0.15, 0.2) is 48.5 Å². The maximum atomic E-state index is 12.2. The quantitative estimate of drug-likeness (QED) is 0.821. The number of rotatable bonds is 6. The van der Waals surface area contributed by atoms with Crippen LogP contribution in [0.4, 0.5) is 18.9 Å². The van der Waals surface area contributed by atoms with Gasteiger partial charge in [-0.25, -0.2) is 0 Å². The van der Waals surface area contributed by atoms with E-state index in [-0.39, 0.29) is 12.3 Å². The van der Waals surface area contributed by atoms with E-state index in [2.05, 4.69) is 5.32 Å². The minimum atomic E-state index is -4.43. The van der Waals surface area contributed by atoms with E-state index in [1.165, 1.54) is 0 Å². The summed E-state index contributed by atoms with van der Waals surface area (Å²) in [5, 5.41) is 4.55. The van der Waals surface area contributed by atoms with E-state index in [0.29, 0.717) is 16.8 Å². The molecule has 138 valence electrons. The monoisotopic (exact) mass is 364 g/mol. The molecule has 2 amide bonds. The topological polar surface area (TPSA) is 58.2 Å². The molecule has 2 rings (SSSR count). The number of aryl methyl sites for hydroxylation is 1. The average molecular weight is 364 g/mol. The first-order valence-electron chi connectivity index (χ1n) is 8.09. The van der Waals surface area contributed by atoms with Crippen molar-refractivity contribution in [3.8, 4) is 0 Å².